The van der Waals surface area contributed by atoms with Crippen LogP contribution in [0.5, 0.6) is 0 Å². The average Bonchev–Trinajstić information content (AvgIpc) is 3.86. The molecule has 0 radical (unpaired) electrons. The molecule has 3 heterocycles. The van der Waals surface area contributed by atoms with Crippen LogP contribution in [-0.4, -0.2) is 19.5 Å². The SMILES string of the molecule is c1ccc(-c2nc(-c3cccc4ccccc34)nc(-c3cc4c5cccc(-n6c7cc8ccccc8cc7c7c8ccccc8ccc76)c5oc4c4ccccc34)n2)cc1. The summed E-state index contributed by atoms with van der Waals surface area (Å²) in [5.74, 6) is 1.86. The molecule has 0 fully saturated rings. The minimum absolute atomic E-state index is 0.608. The van der Waals surface area contributed by atoms with Crippen LogP contribution in [-0.2, 0) is 0 Å². The fourth-order valence-corrected chi connectivity index (χ4v) is 9.45. The molecule has 0 atom stereocenters. The maximum Gasteiger partial charge on any atom is 0.164 e. The number of para-hydroxylation sites is 1. The smallest absolute Gasteiger partial charge is 0.164 e. The van der Waals surface area contributed by atoms with Gasteiger partial charge in [-0.1, -0.05) is 164 Å². The zero-order valence-corrected chi connectivity index (χ0v) is 32.2. The highest BCUT2D eigenvalue weighted by Gasteiger charge is 2.23. The van der Waals surface area contributed by atoms with E-state index in [1.807, 2.05) is 18.2 Å². The van der Waals surface area contributed by atoms with Crippen molar-refractivity contribution >= 4 is 86.8 Å². The van der Waals surface area contributed by atoms with Gasteiger partial charge in [-0.05, 0) is 68.0 Å². The lowest BCUT2D eigenvalue weighted by atomic mass is 9.99. The first kappa shape index (κ1) is 32.9. The lowest BCUT2D eigenvalue weighted by Gasteiger charge is -2.12. The van der Waals surface area contributed by atoms with Gasteiger partial charge in [0.1, 0.15) is 5.58 Å². The molecule has 0 spiro atoms. The molecule has 0 unspecified atom stereocenters. The first-order chi connectivity index (χ1) is 29.7. The maximum atomic E-state index is 7.14. The van der Waals surface area contributed by atoms with E-state index >= 15 is 0 Å². The second kappa shape index (κ2) is 12.7. The Morgan fingerprint density at radius 2 is 0.917 bits per heavy atom. The van der Waals surface area contributed by atoms with Crippen molar-refractivity contribution in [3.8, 4) is 39.9 Å². The monoisotopic (exact) mass is 764 g/mol. The number of hydrogen-bond donors (Lipinski definition) is 0. The van der Waals surface area contributed by atoms with Crippen LogP contribution >= 0.6 is 0 Å². The number of benzene rings is 10. The molecule has 3 aromatic heterocycles. The second-order valence-electron chi connectivity index (χ2n) is 15.5. The van der Waals surface area contributed by atoms with Gasteiger partial charge in [-0.2, -0.15) is 0 Å². The molecule has 0 saturated heterocycles. The van der Waals surface area contributed by atoms with Crippen LogP contribution in [0.1, 0.15) is 0 Å². The van der Waals surface area contributed by atoms with Crippen LogP contribution in [0.15, 0.2) is 199 Å². The number of furan rings is 1. The number of aromatic nitrogens is 4. The minimum atomic E-state index is 0.608. The summed E-state index contributed by atoms with van der Waals surface area (Å²) in [6.45, 7) is 0. The van der Waals surface area contributed by atoms with Crippen LogP contribution < -0.4 is 0 Å². The minimum Gasteiger partial charge on any atom is -0.453 e. The lowest BCUT2D eigenvalue weighted by molar-refractivity contribution is 0.670. The quantitative estimate of drug-likeness (QED) is 0.179. The molecule has 0 amide bonds. The summed E-state index contributed by atoms with van der Waals surface area (Å²) in [6.07, 6.45) is 0. The molecule has 0 saturated carbocycles. The number of nitrogens with zero attached hydrogens (tertiary/aromatic N) is 4. The van der Waals surface area contributed by atoms with Crippen molar-refractivity contribution in [2.45, 2.75) is 0 Å². The number of fused-ring (bicyclic) bond motifs is 12. The van der Waals surface area contributed by atoms with Crippen LogP contribution in [0.2, 0.25) is 0 Å². The van der Waals surface area contributed by atoms with Gasteiger partial charge in [-0.3, -0.25) is 0 Å². The van der Waals surface area contributed by atoms with Gasteiger partial charge in [0.2, 0.25) is 0 Å². The Kier molecular flexibility index (Phi) is 6.95. The maximum absolute atomic E-state index is 7.14. The van der Waals surface area contributed by atoms with E-state index in [0.717, 1.165) is 76.9 Å². The van der Waals surface area contributed by atoms with Gasteiger partial charge in [-0.15, -0.1) is 0 Å². The van der Waals surface area contributed by atoms with E-state index in [4.69, 9.17) is 19.4 Å². The molecule has 0 bridgehead atoms. The Morgan fingerprint density at radius 1 is 0.333 bits per heavy atom. The summed E-state index contributed by atoms with van der Waals surface area (Å²) in [5, 5.41) is 13.6. The van der Waals surface area contributed by atoms with Gasteiger partial charge in [0.25, 0.3) is 0 Å². The topological polar surface area (TPSA) is 56.7 Å². The predicted molar refractivity (Wildman–Crippen MR) is 248 cm³/mol. The summed E-state index contributed by atoms with van der Waals surface area (Å²) >= 11 is 0. The van der Waals surface area contributed by atoms with E-state index < -0.39 is 0 Å². The molecule has 5 nitrogen and oxygen atoms in total. The Hall–Kier alpha value is -8.15. The van der Waals surface area contributed by atoms with Crippen LogP contribution in [0.25, 0.3) is 127 Å². The van der Waals surface area contributed by atoms with Gasteiger partial charge >= 0.3 is 0 Å². The van der Waals surface area contributed by atoms with Gasteiger partial charge in [0.05, 0.1) is 16.7 Å². The average molecular weight is 765 g/mol. The lowest BCUT2D eigenvalue weighted by Crippen LogP contribution is -2.01. The normalized spacial score (nSPS) is 12.0. The van der Waals surface area contributed by atoms with Crippen LogP contribution in [0.4, 0.5) is 0 Å². The molecular formula is C55H32N4O. The highest BCUT2D eigenvalue weighted by molar-refractivity contribution is 6.25. The molecule has 13 rings (SSSR count). The molecule has 10 aromatic carbocycles. The summed E-state index contributed by atoms with van der Waals surface area (Å²) in [6, 6.07) is 68.5. The fraction of sp³-hybridized carbons (Fsp3) is 0. The van der Waals surface area contributed by atoms with Gasteiger partial charge in [-0.25, -0.2) is 15.0 Å². The number of rotatable bonds is 4. The van der Waals surface area contributed by atoms with E-state index in [1.54, 1.807) is 0 Å². The molecule has 0 aliphatic heterocycles. The predicted octanol–water partition coefficient (Wildman–Crippen LogP) is 14.5. The summed E-state index contributed by atoms with van der Waals surface area (Å²) in [7, 11) is 0. The van der Waals surface area contributed by atoms with Gasteiger partial charge < -0.3 is 8.98 Å². The fourth-order valence-electron chi connectivity index (χ4n) is 9.45. The molecule has 0 aliphatic rings. The Bertz CT molecular complexity index is 3890. The van der Waals surface area contributed by atoms with Crippen LogP contribution in [0.3, 0.4) is 0 Å². The Labute approximate surface area is 343 Å². The Morgan fingerprint density at radius 3 is 1.73 bits per heavy atom. The van der Waals surface area contributed by atoms with Crippen molar-refractivity contribution in [3.05, 3.63) is 194 Å². The summed E-state index contributed by atoms with van der Waals surface area (Å²) in [4.78, 5) is 15.6. The van der Waals surface area contributed by atoms with Crippen molar-refractivity contribution < 1.29 is 4.42 Å². The summed E-state index contributed by atoms with van der Waals surface area (Å²) in [5.41, 5.74) is 7.73. The molecule has 0 N–H and O–H groups in total. The zero-order valence-electron chi connectivity index (χ0n) is 32.2. The molecule has 0 aliphatic carbocycles. The summed E-state index contributed by atoms with van der Waals surface area (Å²) < 4.78 is 9.54. The van der Waals surface area contributed by atoms with Crippen molar-refractivity contribution in [1.29, 1.82) is 0 Å². The third-order valence-electron chi connectivity index (χ3n) is 12.2. The number of hydrogen-bond acceptors (Lipinski definition) is 4. The highest BCUT2D eigenvalue weighted by Crippen LogP contribution is 2.44. The van der Waals surface area contributed by atoms with E-state index in [9.17, 15) is 0 Å². The van der Waals surface area contributed by atoms with Crippen molar-refractivity contribution in [1.82, 2.24) is 19.5 Å². The van der Waals surface area contributed by atoms with E-state index in [2.05, 4.69) is 180 Å². The third kappa shape index (κ3) is 4.84. The molecular weight excluding hydrogens is 733 g/mol. The van der Waals surface area contributed by atoms with E-state index in [-0.39, 0.29) is 0 Å². The van der Waals surface area contributed by atoms with Crippen molar-refractivity contribution in [2.75, 3.05) is 0 Å². The second-order valence-corrected chi connectivity index (χ2v) is 15.5. The Balaban J connectivity index is 1.10. The van der Waals surface area contributed by atoms with Gasteiger partial charge in [0, 0.05) is 43.6 Å². The first-order valence-electron chi connectivity index (χ1n) is 20.3. The molecule has 278 valence electrons. The highest BCUT2D eigenvalue weighted by atomic mass is 16.3. The molecule has 13 aromatic rings. The van der Waals surface area contributed by atoms with Crippen molar-refractivity contribution in [2.24, 2.45) is 0 Å². The van der Waals surface area contributed by atoms with E-state index in [1.165, 1.54) is 32.3 Å². The molecule has 60 heavy (non-hydrogen) atoms. The van der Waals surface area contributed by atoms with Gasteiger partial charge in [0.15, 0.2) is 23.1 Å². The third-order valence-corrected chi connectivity index (χ3v) is 12.2. The van der Waals surface area contributed by atoms with Crippen molar-refractivity contribution in [3.63, 3.8) is 0 Å². The molecule has 5 heteroatoms. The standard InChI is InChI=1S/C55H32N4O/c1-2-16-35(17-3-1)53-56-54(43-26-12-20-33-14-6-8-21-38(33)43)58-55(57-53)45-32-44-42-25-13-27-48(52(42)60-51(44)41-24-11-10-23-40(41)45)59-47-29-28-34-15-7-9-22-39(34)50(47)46-30-36-18-4-5-19-37(36)31-49(46)59/h1-32H. The first-order valence-corrected chi connectivity index (χ1v) is 20.3. The van der Waals surface area contributed by atoms with E-state index in [0.29, 0.717) is 17.5 Å². The zero-order chi connectivity index (χ0) is 39.3. The van der Waals surface area contributed by atoms with Crippen LogP contribution in [0, 0.1) is 0 Å². The largest absolute Gasteiger partial charge is 0.453 e.